The number of aromatic nitrogens is 1. The van der Waals surface area contributed by atoms with Gasteiger partial charge in [0.25, 0.3) is 0 Å². The molecule has 86 valence electrons. The van der Waals surface area contributed by atoms with Crippen LogP contribution in [0.3, 0.4) is 0 Å². The molecule has 2 nitrogen and oxygen atoms in total. The number of rotatable bonds is 2. The highest BCUT2D eigenvalue weighted by Crippen LogP contribution is 2.30. The highest BCUT2D eigenvalue weighted by molar-refractivity contribution is 7.99. The predicted molar refractivity (Wildman–Crippen MR) is 68.5 cm³/mol. The van der Waals surface area contributed by atoms with Crippen LogP contribution in [0.2, 0.25) is 0 Å². The molecule has 1 aromatic carbocycles. The Balaban J connectivity index is 1.86. The minimum absolute atomic E-state index is 0.302. The van der Waals surface area contributed by atoms with Gasteiger partial charge < -0.3 is 5.11 Å². The van der Waals surface area contributed by atoms with Gasteiger partial charge in [-0.25, -0.2) is 4.98 Å². The molecule has 0 aliphatic heterocycles. The smallest absolute Gasteiger partial charge is 0.116 e. The molecule has 0 radical (unpaired) electrons. The van der Waals surface area contributed by atoms with Gasteiger partial charge in [0, 0.05) is 10.6 Å². The fraction of sp³-hybridized carbons (Fsp3) is 0.214. The summed E-state index contributed by atoms with van der Waals surface area (Å²) in [7, 11) is 0. The van der Waals surface area contributed by atoms with Crippen LogP contribution in [-0.4, -0.2) is 10.1 Å². The molecule has 17 heavy (non-hydrogen) atoms. The molecule has 0 spiro atoms. The summed E-state index contributed by atoms with van der Waals surface area (Å²) >= 11 is 1.60. The first kappa shape index (κ1) is 10.7. The Kier molecular flexibility index (Phi) is 2.77. The van der Waals surface area contributed by atoms with E-state index in [0.29, 0.717) is 5.75 Å². The summed E-state index contributed by atoms with van der Waals surface area (Å²) in [5, 5.41) is 10.4. The van der Waals surface area contributed by atoms with Crippen molar-refractivity contribution < 1.29 is 5.11 Å². The first-order valence-corrected chi connectivity index (χ1v) is 6.58. The Hall–Kier alpha value is -1.48. The Bertz CT molecular complexity index is 554. The molecule has 2 aromatic rings. The van der Waals surface area contributed by atoms with Gasteiger partial charge in [0.1, 0.15) is 10.8 Å². The quantitative estimate of drug-likeness (QED) is 0.877. The molecule has 3 heteroatoms. The first-order chi connectivity index (χ1) is 8.31. The van der Waals surface area contributed by atoms with Gasteiger partial charge in [0.15, 0.2) is 0 Å². The zero-order valence-electron chi connectivity index (χ0n) is 9.39. The molecule has 0 atom stereocenters. The topological polar surface area (TPSA) is 33.1 Å². The number of phenols is 1. The van der Waals surface area contributed by atoms with Gasteiger partial charge in [-0.1, -0.05) is 23.9 Å². The second kappa shape index (κ2) is 4.41. The molecule has 0 fully saturated rings. The van der Waals surface area contributed by atoms with Crippen LogP contribution >= 0.6 is 11.8 Å². The van der Waals surface area contributed by atoms with Crippen molar-refractivity contribution in [1.82, 2.24) is 4.98 Å². The average molecular weight is 243 g/mol. The molecule has 0 saturated heterocycles. The third kappa shape index (κ3) is 2.29. The molecule has 0 amide bonds. The zero-order chi connectivity index (χ0) is 11.7. The summed E-state index contributed by atoms with van der Waals surface area (Å²) in [5.74, 6) is 0.302. The molecule has 1 heterocycles. The molecular weight excluding hydrogens is 230 g/mol. The van der Waals surface area contributed by atoms with Crippen molar-refractivity contribution in [1.29, 1.82) is 0 Å². The molecule has 0 saturated carbocycles. The van der Waals surface area contributed by atoms with Crippen molar-refractivity contribution in [2.24, 2.45) is 0 Å². The van der Waals surface area contributed by atoms with Gasteiger partial charge in [-0.3, -0.25) is 0 Å². The van der Waals surface area contributed by atoms with E-state index in [1.54, 1.807) is 23.9 Å². The van der Waals surface area contributed by atoms with Crippen molar-refractivity contribution in [3.05, 3.63) is 47.7 Å². The van der Waals surface area contributed by atoms with Crippen LogP contribution in [0.5, 0.6) is 5.75 Å². The monoisotopic (exact) mass is 243 g/mol. The van der Waals surface area contributed by atoms with E-state index in [0.717, 1.165) is 16.3 Å². The Morgan fingerprint density at radius 1 is 1.12 bits per heavy atom. The second-order valence-electron chi connectivity index (χ2n) is 4.21. The molecule has 3 rings (SSSR count). The molecule has 1 aliphatic rings. The summed E-state index contributed by atoms with van der Waals surface area (Å²) in [6.45, 7) is 0. The Morgan fingerprint density at radius 2 is 2.06 bits per heavy atom. The molecule has 1 aromatic heterocycles. The van der Waals surface area contributed by atoms with E-state index in [1.165, 1.54) is 24.1 Å². The van der Waals surface area contributed by atoms with E-state index in [9.17, 15) is 5.11 Å². The average Bonchev–Trinajstić information content (AvgIpc) is 2.76. The van der Waals surface area contributed by atoms with Crippen molar-refractivity contribution in [3.63, 3.8) is 0 Å². The minimum Gasteiger partial charge on any atom is -0.508 e. The van der Waals surface area contributed by atoms with Crippen LogP contribution in [0.1, 0.15) is 17.7 Å². The lowest BCUT2D eigenvalue weighted by Crippen LogP contribution is -1.89. The summed E-state index contributed by atoms with van der Waals surface area (Å²) in [4.78, 5) is 5.68. The second-order valence-corrected chi connectivity index (χ2v) is 5.30. The third-order valence-electron chi connectivity index (χ3n) is 2.94. The molecule has 0 unspecified atom stereocenters. The van der Waals surface area contributed by atoms with Gasteiger partial charge in [-0.15, -0.1) is 0 Å². The number of hydrogen-bond donors (Lipinski definition) is 1. The maximum atomic E-state index is 9.41. The van der Waals surface area contributed by atoms with Crippen LogP contribution in [0.15, 0.2) is 46.3 Å². The summed E-state index contributed by atoms with van der Waals surface area (Å²) in [6.07, 6.45) is 3.49. The normalized spacial score (nSPS) is 13.6. The van der Waals surface area contributed by atoms with E-state index in [2.05, 4.69) is 17.1 Å². The number of fused-ring (bicyclic) bond motifs is 1. The number of benzene rings is 1. The van der Waals surface area contributed by atoms with Gasteiger partial charge in [-0.2, -0.15) is 0 Å². The maximum absolute atomic E-state index is 9.41. The summed E-state index contributed by atoms with van der Waals surface area (Å²) in [6, 6.07) is 11.5. The van der Waals surface area contributed by atoms with E-state index in [4.69, 9.17) is 0 Å². The summed E-state index contributed by atoms with van der Waals surface area (Å²) in [5.41, 5.74) is 2.64. The van der Waals surface area contributed by atoms with E-state index in [-0.39, 0.29) is 0 Å². The predicted octanol–water partition coefficient (Wildman–Crippen LogP) is 3.43. The lowest BCUT2D eigenvalue weighted by atomic mass is 10.2. The number of phenolic OH excluding ortho intramolecular Hbond substituents is 1. The van der Waals surface area contributed by atoms with E-state index >= 15 is 0 Å². The largest absolute Gasteiger partial charge is 0.508 e. The third-order valence-corrected chi connectivity index (χ3v) is 3.87. The number of aromatic hydroxyl groups is 1. The fourth-order valence-corrected chi connectivity index (χ4v) is 2.98. The van der Waals surface area contributed by atoms with Crippen LogP contribution in [-0.2, 0) is 12.8 Å². The van der Waals surface area contributed by atoms with Crippen LogP contribution in [0.4, 0.5) is 0 Å². The minimum atomic E-state index is 0.302. The lowest BCUT2D eigenvalue weighted by Gasteiger charge is -2.04. The highest BCUT2D eigenvalue weighted by Gasteiger charge is 2.12. The maximum Gasteiger partial charge on any atom is 0.116 e. The molecule has 1 aliphatic carbocycles. The van der Waals surface area contributed by atoms with Crippen molar-refractivity contribution >= 4 is 11.8 Å². The number of aryl methyl sites for hydroxylation is 2. The van der Waals surface area contributed by atoms with Crippen LogP contribution in [0, 0.1) is 0 Å². The summed E-state index contributed by atoms with van der Waals surface area (Å²) < 4.78 is 0. The Labute approximate surface area is 105 Å². The van der Waals surface area contributed by atoms with E-state index < -0.39 is 0 Å². The SMILES string of the molecule is Oc1cccc(Sc2ccc3c(n2)CCC3)c1. The number of nitrogens with zero attached hydrogens (tertiary/aromatic N) is 1. The lowest BCUT2D eigenvalue weighted by molar-refractivity contribution is 0.474. The van der Waals surface area contributed by atoms with Gasteiger partial charge >= 0.3 is 0 Å². The van der Waals surface area contributed by atoms with Crippen molar-refractivity contribution in [2.75, 3.05) is 0 Å². The first-order valence-electron chi connectivity index (χ1n) is 5.77. The van der Waals surface area contributed by atoms with Crippen molar-refractivity contribution in [3.8, 4) is 5.75 Å². The van der Waals surface area contributed by atoms with E-state index in [1.807, 2.05) is 12.1 Å². The molecule has 1 N–H and O–H groups in total. The fourth-order valence-electron chi connectivity index (χ4n) is 2.13. The number of hydrogen-bond acceptors (Lipinski definition) is 3. The molecule has 0 bridgehead atoms. The molecular formula is C14H13NOS. The van der Waals surface area contributed by atoms with Crippen LogP contribution < -0.4 is 0 Å². The highest BCUT2D eigenvalue weighted by atomic mass is 32.2. The van der Waals surface area contributed by atoms with Gasteiger partial charge in [-0.05, 0) is 49.1 Å². The standard InChI is InChI=1S/C14H13NOS/c16-11-4-2-5-12(9-11)17-14-8-7-10-3-1-6-13(10)15-14/h2,4-5,7-9,16H,1,3,6H2. The Morgan fingerprint density at radius 3 is 2.94 bits per heavy atom. The number of pyridine rings is 1. The van der Waals surface area contributed by atoms with Crippen LogP contribution in [0.25, 0.3) is 0 Å². The van der Waals surface area contributed by atoms with Crippen molar-refractivity contribution in [2.45, 2.75) is 29.2 Å². The zero-order valence-corrected chi connectivity index (χ0v) is 10.2. The van der Waals surface area contributed by atoms with Gasteiger partial charge in [0.2, 0.25) is 0 Å². The van der Waals surface area contributed by atoms with Gasteiger partial charge in [0.05, 0.1) is 0 Å².